The number of hydrogen-bond donors (Lipinski definition) is 0. The molecule has 0 radical (unpaired) electrons. The lowest BCUT2D eigenvalue weighted by Gasteiger charge is -2.32. The maximum atomic E-state index is 13.8. The van der Waals surface area contributed by atoms with E-state index in [-0.39, 0.29) is 25.8 Å². The zero-order valence-electron chi connectivity index (χ0n) is 16.2. The van der Waals surface area contributed by atoms with Gasteiger partial charge in [0.05, 0.1) is 24.2 Å². The summed E-state index contributed by atoms with van der Waals surface area (Å²) >= 11 is 0. The Morgan fingerprint density at radius 3 is 2.41 bits per heavy atom. The second-order valence-corrected chi connectivity index (χ2v) is 8.38. The van der Waals surface area contributed by atoms with E-state index in [1.54, 1.807) is 0 Å². The summed E-state index contributed by atoms with van der Waals surface area (Å²) < 4.78 is 53.1. The van der Waals surface area contributed by atoms with Gasteiger partial charge in [-0.25, -0.2) is 13.2 Å². The molecule has 3 rings (SSSR count). The lowest BCUT2D eigenvalue weighted by Crippen LogP contribution is -2.47. The Morgan fingerprint density at radius 1 is 1.19 bits per heavy atom. The third kappa shape index (κ3) is 4.16. The smallest absolute Gasteiger partial charge is 0.399 e. The van der Waals surface area contributed by atoms with E-state index in [0.29, 0.717) is 11.0 Å². The molecular weight excluding hydrogens is 358 g/mol. The van der Waals surface area contributed by atoms with Crippen LogP contribution in [0.15, 0.2) is 18.2 Å². The first kappa shape index (κ1) is 20.2. The minimum absolute atomic E-state index is 0.173. The van der Waals surface area contributed by atoms with Gasteiger partial charge >= 0.3 is 7.12 Å². The molecule has 0 unspecified atom stereocenters. The molecular formula is C19H25BF3NO3. The predicted molar refractivity (Wildman–Crippen MR) is 96.6 cm³/mol. The molecule has 148 valence electrons. The molecule has 0 saturated carbocycles. The highest BCUT2D eigenvalue weighted by Crippen LogP contribution is 2.36. The van der Waals surface area contributed by atoms with Crippen molar-refractivity contribution in [2.75, 3.05) is 13.1 Å². The maximum absolute atomic E-state index is 13.8. The van der Waals surface area contributed by atoms with Crippen molar-refractivity contribution in [1.29, 1.82) is 0 Å². The van der Waals surface area contributed by atoms with Gasteiger partial charge < -0.3 is 14.2 Å². The van der Waals surface area contributed by atoms with Crippen molar-refractivity contribution < 1.29 is 27.3 Å². The molecule has 0 N–H and O–H groups in total. The van der Waals surface area contributed by atoms with E-state index >= 15 is 0 Å². The Balaban J connectivity index is 1.82. The molecule has 2 aliphatic heterocycles. The number of piperidine rings is 1. The molecule has 0 spiro atoms. The summed E-state index contributed by atoms with van der Waals surface area (Å²) in [5, 5.41) is 0. The zero-order valence-corrected chi connectivity index (χ0v) is 16.2. The highest BCUT2D eigenvalue weighted by molar-refractivity contribution is 6.62. The SMILES string of the molecule is CC1(C)OB(c2ccc(F)cc2CC(=O)N2CCCC(F)(F)C2)OC1(C)C. The molecule has 27 heavy (non-hydrogen) atoms. The first-order chi connectivity index (χ1) is 12.4. The van der Waals surface area contributed by atoms with Gasteiger partial charge in [-0.05, 0) is 57.3 Å². The average molecular weight is 383 g/mol. The van der Waals surface area contributed by atoms with E-state index in [4.69, 9.17) is 9.31 Å². The fourth-order valence-corrected chi connectivity index (χ4v) is 3.38. The number of hydrogen-bond acceptors (Lipinski definition) is 3. The number of carbonyl (C=O) groups is 1. The number of rotatable bonds is 3. The minimum atomic E-state index is -2.87. The van der Waals surface area contributed by atoms with Crippen molar-refractivity contribution in [2.45, 2.75) is 64.1 Å². The van der Waals surface area contributed by atoms with Gasteiger partial charge in [0.25, 0.3) is 5.92 Å². The minimum Gasteiger partial charge on any atom is -0.399 e. The highest BCUT2D eigenvalue weighted by atomic mass is 19.3. The summed E-state index contributed by atoms with van der Waals surface area (Å²) in [6.07, 6.45) is -0.130. The molecule has 0 aliphatic carbocycles. The standard InChI is InChI=1S/C19H25BF3NO3/c1-17(2)18(3,4)27-20(26-17)15-7-6-14(21)10-13(15)11-16(25)24-9-5-8-19(22,23)12-24/h6-7,10H,5,8-9,11-12H2,1-4H3. The molecule has 4 nitrogen and oxygen atoms in total. The van der Waals surface area contributed by atoms with Gasteiger partial charge in [0, 0.05) is 13.0 Å². The summed E-state index contributed by atoms with van der Waals surface area (Å²) in [6.45, 7) is 7.30. The van der Waals surface area contributed by atoms with Gasteiger partial charge in [0.1, 0.15) is 5.82 Å². The van der Waals surface area contributed by atoms with Gasteiger partial charge in [-0.3, -0.25) is 4.79 Å². The van der Waals surface area contributed by atoms with Crippen LogP contribution in [0.5, 0.6) is 0 Å². The van der Waals surface area contributed by atoms with Crippen molar-refractivity contribution >= 4 is 18.5 Å². The highest BCUT2D eigenvalue weighted by Gasteiger charge is 2.52. The van der Waals surface area contributed by atoms with Gasteiger partial charge in [-0.15, -0.1) is 0 Å². The van der Waals surface area contributed by atoms with Gasteiger partial charge in [0.15, 0.2) is 0 Å². The summed E-state index contributed by atoms with van der Waals surface area (Å²) in [6, 6.07) is 4.06. The van der Waals surface area contributed by atoms with Crippen molar-refractivity contribution in [3.05, 3.63) is 29.6 Å². The Morgan fingerprint density at radius 2 is 1.81 bits per heavy atom. The number of alkyl halides is 2. The molecule has 2 heterocycles. The molecule has 1 amide bonds. The van der Waals surface area contributed by atoms with Crippen LogP contribution in [0.2, 0.25) is 0 Å². The number of carbonyl (C=O) groups excluding carboxylic acids is 1. The Bertz CT molecular complexity index is 723. The van der Waals surface area contributed by atoms with Crippen molar-refractivity contribution in [1.82, 2.24) is 4.90 Å². The summed E-state index contributed by atoms with van der Waals surface area (Å²) in [5.41, 5.74) is -0.218. The first-order valence-corrected chi connectivity index (χ1v) is 9.20. The quantitative estimate of drug-likeness (QED) is 0.754. The van der Waals surface area contributed by atoms with Gasteiger partial charge in [0.2, 0.25) is 5.91 Å². The van der Waals surface area contributed by atoms with Crippen molar-refractivity contribution in [2.24, 2.45) is 0 Å². The lowest BCUT2D eigenvalue weighted by atomic mass is 9.75. The van der Waals surface area contributed by atoms with E-state index in [1.807, 2.05) is 27.7 Å². The number of halogens is 3. The van der Waals surface area contributed by atoms with E-state index in [1.165, 1.54) is 18.2 Å². The third-order valence-corrected chi connectivity index (χ3v) is 5.70. The van der Waals surface area contributed by atoms with Crippen molar-refractivity contribution in [3.63, 3.8) is 0 Å². The number of likely N-dealkylation sites (tertiary alicyclic amines) is 1. The Labute approximate surface area is 158 Å². The number of amides is 1. The predicted octanol–water partition coefficient (Wildman–Crippen LogP) is 2.93. The van der Waals surface area contributed by atoms with Crippen LogP contribution in [-0.2, 0) is 20.5 Å². The summed E-state index contributed by atoms with van der Waals surface area (Å²) in [7, 11) is -0.749. The molecule has 0 bridgehead atoms. The van der Waals surface area contributed by atoms with Gasteiger partial charge in [-0.2, -0.15) is 0 Å². The zero-order chi connectivity index (χ0) is 20.0. The topological polar surface area (TPSA) is 38.8 Å². The average Bonchev–Trinajstić information content (AvgIpc) is 2.74. The van der Waals surface area contributed by atoms with Crippen LogP contribution < -0.4 is 5.46 Å². The molecule has 8 heteroatoms. The largest absolute Gasteiger partial charge is 0.495 e. The number of benzene rings is 1. The van der Waals surface area contributed by atoms with Crippen LogP contribution in [0.1, 0.15) is 46.1 Å². The fraction of sp³-hybridized carbons (Fsp3) is 0.632. The second kappa shape index (κ2) is 6.81. The Kier molecular flexibility index (Phi) is 5.10. The van der Waals surface area contributed by atoms with Crippen LogP contribution in [0.4, 0.5) is 13.2 Å². The van der Waals surface area contributed by atoms with Crippen molar-refractivity contribution in [3.8, 4) is 0 Å². The summed E-state index contributed by atoms with van der Waals surface area (Å²) in [4.78, 5) is 13.7. The lowest BCUT2D eigenvalue weighted by molar-refractivity contribution is -0.140. The molecule has 2 aliphatic rings. The molecule has 0 atom stereocenters. The second-order valence-electron chi connectivity index (χ2n) is 8.38. The molecule has 1 aromatic carbocycles. The van der Waals surface area contributed by atoms with E-state index in [9.17, 15) is 18.0 Å². The molecule has 2 fully saturated rings. The monoisotopic (exact) mass is 383 g/mol. The van der Waals surface area contributed by atoms with Crippen LogP contribution in [0.3, 0.4) is 0 Å². The van der Waals surface area contributed by atoms with E-state index < -0.39 is 42.5 Å². The van der Waals surface area contributed by atoms with Crippen LogP contribution >= 0.6 is 0 Å². The maximum Gasteiger partial charge on any atom is 0.495 e. The fourth-order valence-electron chi connectivity index (χ4n) is 3.38. The third-order valence-electron chi connectivity index (χ3n) is 5.70. The van der Waals surface area contributed by atoms with E-state index in [2.05, 4.69) is 0 Å². The van der Waals surface area contributed by atoms with Crippen LogP contribution in [0.25, 0.3) is 0 Å². The van der Waals surface area contributed by atoms with E-state index in [0.717, 1.165) is 4.90 Å². The molecule has 1 aromatic rings. The first-order valence-electron chi connectivity index (χ1n) is 9.20. The number of nitrogens with zero attached hydrogens (tertiary/aromatic N) is 1. The Hall–Kier alpha value is -1.54. The van der Waals surface area contributed by atoms with Gasteiger partial charge in [-0.1, -0.05) is 6.07 Å². The summed E-state index contributed by atoms with van der Waals surface area (Å²) in [5.74, 6) is -3.82. The van der Waals surface area contributed by atoms with Crippen LogP contribution in [-0.4, -0.2) is 48.1 Å². The normalized spacial score (nSPS) is 23.5. The molecule has 2 saturated heterocycles. The molecule has 0 aromatic heterocycles. The van der Waals surface area contributed by atoms with Crippen LogP contribution in [0, 0.1) is 5.82 Å².